The normalized spacial score (nSPS) is 27.1. The summed E-state index contributed by atoms with van der Waals surface area (Å²) in [6.45, 7) is 0.875. The van der Waals surface area contributed by atoms with Crippen molar-refractivity contribution in [2.24, 2.45) is 0 Å². The third kappa shape index (κ3) is 2.36. The van der Waals surface area contributed by atoms with Crippen LogP contribution in [0.3, 0.4) is 0 Å². The molecule has 17 heavy (non-hydrogen) atoms. The summed E-state index contributed by atoms with van der Waals surface area (Å²) in [6.07, 6.45) is 2.78. The van der Waals surface area contributed by atoms with Gasteiger partial charge in [-0.05, 0) is 32.1 Å². The van der Waals surface area contributed by atoms with E-state index in [9.17, 15) is 14.7 Å². The molecule has 2 rings (SSSR count). The van der Waals surface area contributed by atoms with Crippen molar-refractivity contribution in [1.82, 2.24) is 10.2 Å². The number of amides is 2. The lowest BCUT2D eigenvalue weighted by Gasteiger charge is -2.40. The monoisotopic (exact) mass is 242 g/mol. The molecule has 0 radical (unpaired) electrons. The van der Waals surface area contributed by atoms with Gasteiger partial charge in [0.1, 0.15) is 5.54 Å². The Hall–Kier alpha value is -1.30. The van der Waals surface area contributed by atoms with Crippen LogP contribution in [0.25, 0.3) is 0 Å². The third-order valence-corrected chi connectivity index (χ3v) is 3.65. The van der Waals surface area contributed by atoms with E-state index < -0.39 is 17.6 Å². The number of aliphatic hydroxyl groups is 1. The van der Waals surface area contributed by atoms with Crippen molar-refractivity contribution in [3.8, 4) is 0 Å². The van der Waals surface area contributed by atoms with Crippen molar-refractivity contribution in [3.63, 3.8) is 0 Å². The second kappa shape index (κ2) is 4.52. The first-order valence-electron chi connectivity index (χ1n) is 6.02. The number of nitrogens with one attached hydrogen (secondary N) is 1. The average molecular weight is 242 g/mol. The maximum atomic E-state index is 11.9. The fourth-order valence-electron chi connectivity index (χ4n) is 2.35. The largest absolute Gasteiger partial charge is 0.480 e. The van der Waals surface area contributed by atoms with Crippen molar-refractivity contribution in [3.05, 3.63) is 0 Å². The van der Waals surface area contributed by atoms with E-state index >= 15 is 0 Å². The van der Waals surface area contributed by atoms with Gasteiger partial charge in [-0.3, -0.25) is 0 Å². The summed E-state index contributed by atoms with van der Waals surface area (Å²) >= 11 is 0. The zero-order chi connectivity index (χ0) is 12.5. The van der Waals surface area contributed by atoms with Crippen LogP contribution in [0.15, 0.2) is 0 Å². The SMILES string of the molecule is O=C(NC1(C(=O)O)CCC1)N1CCCC(O)C1. The van der Waals surface area contributed by atoms with Crippen LogP contribution >= 0.6 is 0 Å². The standard InChI is InChI=1S/C11H18N2O4/c14-8-3-1-6-13(7-8)10(17)12-11(9(15)16)4-2-5-11/h8,14H,1-7H2,(H,12,17)(H,15,16). The number of aliphatic carboxylic acids is 1. The highest BCUT2D eigenvalue weighted by Gasteiger charge is 2.46. The van der Waals surface area contributed by atoms with Crippen molar-refractivity contribution < 1.29 is 19.8 Å². The van der Waals surface area contributed by atoms with Gasteiger partial charge in [0.15, 0.2) is 0 Å². The van der Waals surface area contributed by atoms with Gasteiger partial charge in [-0.15, -0.1) is 0 Å². The Balaban J connectivity index is 1.94. The quantitative estimate of drug-likeness (QED) is 0.643. The van der Waals surface area contributed by atoms with Crippen LogP contribution in [0.1, 0.15) is 32.1 Å². The molecule has 1 aliphatic carbocycles. The van der Waals surface area contributed by atoms with Gasteiger partial charge in [-0.2, -0.15) is 0 Å². The topological polar surface area (TPSA) is 89.9 Å². The van der Waals surface area contributed by atoms with E-state index in [0.717, 1.165) is 12.8 Å². The molecule has 0 spiro atoms. The first-order valence-corrected chi connectivity index (χ1v) is 6.02. The first-order chi connectivity index (χ1) is 8.03. The molecule has 1 atom stereocenters. The van der Waals surface area contributed by atoms with Gasteiger partial charge in [0, 0.05) is 13.1 Å². The molecule has 3 N–H and O–H groups in total. The van der Waals surface area contributed by atoms with Gasteiger partial charge in [-0.25, -0.2) is 9.59 Å². The van der Waals surface area contributed by atoms with E-state index in [4.69, 9.17) is 5.11 Å². The molecule has 0 bridgehead atoms. The van der Waals surface area contributed by atoms with Gasteiger partial charge in [0.2, 0.25) is 0 Å². The minimum Gasteiger partial charge on any atom is -0.480 e. The Morgan fingerprint density at radius 1 is 1.29 bits per heavy atom. The lowest BCUT2D eigenvalue weighted by atomic mass is 9.77. The first kappa shape index (κ1) is 12.2. The molecule has 1 unspecified atom stereocenters. The van der Waals surface area contributed by atoms with Crippen LogP contribution in [-0.2, 0) is 4.79 Å². The smallest absolute Gasteiger partial charge is 0.329 e. The Morgan fingerprint density at radius 3 is 2.47 bits per heavy atom. The fourth-order valence-corrected chi connectivity index (χ4v) is 2.35. The number of carbonyl (C=O) groups excluding carboxylic acids is 1. The minimum atomic E-state index is -1.07. The number of likely N-dealkylation sites (tertiary alicyclic amines) is 1. The van der Waals surface area contributed by atoms with E-state index in [-0.39, 0.29) is 6.03 Å². The summed E-state index contributed by atoms with van der Waals surface area (Å²) in [4.78, 5) is 24.5. The Kier molecular flexibility index (Phi) is 3.24. The zero-order valence-electron chi connectivity index (χ0n) is 9.69. The summed E-state index contributed by atoms with van der Waals surface area (Å²) in [5.74, 6) is -0.963. The summed E-state index contributed by atoms with van der Waals surface area (Å²) in [5, 5.41) is 21.2. The number of carboxylic acids is 1. The number of piperidine rings is 1. The molecule has 2 amide bonds. The Morgan fingerprint density at radius 2 is 2.00 bits per heavy atom. The fraction of sp³-hybridized carbons (Fsp3) is 0.818. The number of urea groups is 1. The van der Waals surface area contributed by atoms with E-state index in [1.54, 1.807) is 0 Å². The number of hydrogen-bond donors (Lipinski definition) is 3. The number of aliphatic hydroxyl groups excluding tert-OH is 1. The molecule has 2 fully saturated rings. The van der Waals surface area contributed by atoms with Crippen molar-refractivity contribution >= 4 is 12.0 Å². The molecule has 2 aliphatic rings. The number of nitrogens with zero attached hydrogens (tertiary/aromatic N) is 1. The van der Waals surface area contributed by atoms with Gasteiger partial charge in [0.05, 0.1) is 6.10 Å². The van der Waals surface area contributed by atoms with Crippen LogP contribution in [0, 0.1) is 0 Å². The number of carboxylic acid groups (broad SMARTS) is 1. The highest BCUT2D eigenvalue weighted by atomic mass is 16.4. The Bertz CT molecular complexity index is 327. The molecule has 1 heterocycles. The highest BCUT2D eigenvalue weighted by Crippen LogP contribution is 2.32. The lowest BCUT2D eigenvalue weighted by molar-refractivity contribution is -0.148. The lowest BCUT2D eigenvalue weighted by Crippen LogP contribution is -2.62. The molecule has 0 aromatic rings. The molecule has 6 heteroatoms. The number of carbonyl (C=O) groups is 2. The molecule has 1 aliphatic heterocycles. The predicted molar refractivity (Wildman–Crippen MR) is 59.6 cm³/mol. The second-order valence-electron chi connectivity index (χ2n) is 4.91. The predicted octanol–water partition coefficient (Wildman–Crippen LogP) is 0.160. The number of hydrogen-bond acceptors (Lipinski definition) is 3. The van der Waals surface area contributed by atoms with Crippen LogP contribution in [0.2, 0.25) is 0 Å². The van der Waals surface area contributed by atoms with E-state index in [2.05, 4.69) is 5.32 Å². The summed E-state index contributed by atoms with van der Waals surface area (Å²) in [6, 6.07) is -0.370. The minimum absolute atomic E-state index is 0.293. The highest BCUT2D eigenvalue weighted by molar-refractivity contribution is 5.87. The van der Waals surface area contributed by atoms with Gasteiger partial charge < -0.3 is 20.4 Å². The Labute approximate surface area is 99.6 Å². The molecular weight excluding hydrogens is 224 g/mol. The maximum absolute atomic E-state index is 11.9. The summed E-state index contributed by atoms with van der Waals surface area (Å²) in [7, 11) is 0. The molecule has 1 saturated carbocycles. The van der Waals surface area contributed by atoms with Crippen molar-refractivity contribution in [1.29, 1.82) is 0 Å². The van der Waals surface area contributed by atoms with E-state index in [1.165, 1.54) is 4.90 Å². The van der Waals surface area contributed by atoms with Crippen LogP contribution < -0.4 is 5.32 Å². The summed E-state index contributed by atoms with van der Waals surface area (Å²) in [5.41, 5.74) is -1.07. The van der Waals surface area contributed by atoms with E-state index in [0.29, 0.717) is 32.4 Å². The average Bonchev–Trinajstić information content (AvgIpc) is 2.22. The number of β-amino-alcohol motifs (C(OH)–C–C–N with tert-alkyl or cyclic N) is 1. The van der Waals surface area contributed by atoms with Crippen molar-refractivity contribution in [2.75, 3.05) is 13.1 Å². The van der Waals surface area contributed by atoms with Crippen molar-refractivity contribution in [2.45, 2.75) is 43.7 Å². The molecule has 0 aromatic carbocycles. The molecule has 0 aromatic heterocycles. The van der Waals surface area contributed by atoms with Crippen LogP contribution in [0.5, 0.6) is 0 Å². The summed E-state index contributed by atoms with van der Waals surface area (Å²) < 4.78 is 0. The zero-order valence-corrected chi connectivity index (χ0v) is 9.69. The third-order valence-electron chi connectivity index (χ3n) is 3.65. The van der Waals surface area contributed by atoms with E-state index in [1.807, 2.05) is 0 Å². The van der Waals surface area contributed by atoms with Gasteiger partial charge in [-0.1, -0.05) is 0 Å². The van der Waals surface area contributed by atoms with Crippen LogP contribution in [-0.4, -0.2) is 51.8 Å². The van der Waals surface area contributed by atoms with Crippen LogP contribution in [0.4, 0.5) is 4.79 Å². The maximum Gasteiger partial charge on any atom is 0.329 e. The van der Waals surface area contributed by atoms with Gasteiger partial charge >= 0.3 is 12.0 Å². The molecule has 6 nitrogen and oxygen atoms in total. The molecular formula is C11H18N2O4. The molecule has 96 valence electrons. The number of rotatable bonds is 2. The molecule has 1 saturated heterocycles. The van der Waals surface area contributed by atoms with Gasteiger partial charge in [0.25, 0.3) is 0 Å². The second-order valence-corrected chi connectivity index (χ2v) is 4.91.